The van der Waals surface area contributed by atoms with Gasteiger partial charge in [-0.1, -0.05) is 0 Å². The topological polar surface area (TPSA) is 133 Å². The van der Waals surface area contributed by atoms with Crippen molar-refractivity contribution in [2.24, 2.45) is 0 Å². The fourth-order valence-electron chi connectivity index (χ4n) is 2.61. The van der Waals surface area contributed by atoms with Gasteiger partial charge in [0.1, 0.15) is 18.4 Å². The van der Waals surface area contributed by atoms with Crippen LogP contribution in [0.3, 0.4) is 0 Å². The molecule has 2 rings (SSSR count). The molecular weight excluding hydrogens is 368 g/mol. The minimum atomic E-state index is -1.43. The SMILES string of the molecule is CC1(C)S[C@H]([C@@H](C=O)NC(=O)[C@H](C(=O)O)c2ccsc2)N[C@H]1C(=O)O. The van der Waals surface area contributed by atoms with Crippen molar-refractivity contribution in [3.63, 3.8) is 0 Å². The number of hydrogen-bond donors (Lipinski definition) is 4. The van der Waals surface area contributed by atoms with Crippen LogP contribution in [0.15, 0.2) is 16.8 Å². The van der Waals surface area contributed by atoms with Gasteiger partial charge < -0.3 is 20.3 Å². The summed E-state index contributed by atoms with van der Waals surface area (Å²) in [6.07, 6.45) is 0.482. The smallest absolute Gasteiger partial charge is 0.322 e. The van der Waals surface area contributed by atoms with Crippen molar-refractivity contribution in [1.82, 2.24) is 10.6 Å². The Labute approximate surface area is 152 Å². The van der Waals surface area contributed by atoms with Crippen LogP contribution in [0.1, 0.15) is 25.3 Å². The molecule has 0 bridgehead atoms. The standard InChI is InChI=1S/C15H18N2O6S2/c1-15(2)10(14(22)23)17-12(25-15)8(5-18)16-11(19)9(13(20)21)7-3-4-24-6-7/h3-6,8-10,12,17H,1-2H3,(H,16,19)(H,20,21)(H,22,23)/t8-,9-,10+,12-/m1/s1. The van der Waals surface area contributed by atoms with Crippen molar-refractivity contribution in [2.75, 3.05) is 0 Å². The predicted molar refractivity (Wildman–Crippen MR) is 92.7 cm³/mol. The second kappa shape index (κ2) is 7.54. The van der Waals surface area contributed by atoms with Crippen LogP contribution in [0.2, 0.25) is 0 Å². The number of aliphatic carboxylic acids is 2. The Kier molecular flexibility index (Phi) is 5.86. The van der Waals surface area contributed by atoms with E-state index >= 15 is 0 Å². The molecule has 10 heteroatoms. The molecule has 1 aliphatic rings. The molecule has 2 heterocycles. The first kappa shape index (κ1) is 19.4. The molecule has 1 amide bonds. The van der Waals surface area contributed by atoms with Gasteiger partial charge in [0.05, 0.1) is 5.37 Å². The number of carbonyl (C=O) groups excluding carboxylic acids is 2. The summed E-state index contributed by atoms with van der Waals surface area (Å²) in [5, 5.41) is 26.4. The number of amides is 1. The summed E-state index contributed by atoms with van der Waals surface area (Å²) in [4.78, 5) is 46.6. The summed E-state index contributed by atoms with van der Waals surface area (Å²) < 4.78 is -0.692. The van der Waals surface area contributed by atoms with Gasteiger partial charge in [-0.15, -0.1) is 11.8 Å². The van der Waals surface area contributed by atoms with Crippen LogP contribution < -0.4 is 10.6 Å². The molecule has 4 atom stereocenters. The summed E-state index contributed by atoms with van der Waals surface area (Å²) in [6.45, 7) is 3.44. The largest absolute Gasteiger partial charge is 0.480 e. The molecule has 1 saturated heterocycles. The Morgan fingerprint density at radius 1 is 1.36 bits per heavy atom. The molecule has 0 aliphatic carbocycles. The second-order valence-corrected chi connectivity index (χ2v) is 8.65. The summed E-state index contributed by atoms with van der Waals surface area (Å²) >= 11 is 2.47. The lowest BCUT2D eigenvalue weighted by Crippen LogP contribution is -2.52. The third-order valence-corrected chi connectivity index (χ3v) is 6.10. The summed E-state index contributed by atoms with van der Waals surface area (Å²) in [6, 6.07) is -0.416. The lowest BCUT2D eigenvalue weighted by Gasteiger charge is -2.22. The number of hydrogen-bond acceptors (Lipinski definition) is 7. The first-order valence-corrected chi connectivity index (χ1v) is 9.17. The van der Waals surface area contributed by atoms with E-state index in [-0.39, 0.29) is 0 Å². The highest BCUT2D eigenvalue weighted by Gasteiger charge is 2.48. The van der Waals surface area contributed by atoms with Crippen LogP contribution in [-0.4, -0.2) is 56.5 Å². The highest BCUT2D eigenvalue weighted by atomic mass is 32.2. The fourth-order valence-corrected chi connectivity index (χ4v) is 4.74. The number of nitrogens with one attached hydrogen (secondary N) is 2. The molecule has 4 N–H and O–H groups in total. The average Bonchev–Trinajstić information content (AvgIpc) is 3.11. The van der Waals surface area contributed by atoms with Gasteiger partial charge >= 0.3 is 11.9 Å². The van der Waals surface area contributed by atoms with E-state index in [1.165, 1.54) is 29.2 Å². The number of carboxylic acids is 2. The molecule has 1 aliphatic heterocycles. The van der Waals surface area contributed by atoms with Gasteiger partial charge in [0.2, 0.25) is 5.91 Å². The van der Waals surface area contributed by atoms with E-state index in [4.69, 9.17) is 0 Å². The van der Waals surface area contributed by atoms with Crippen molar-refractivity contribution < 1.29 is 29.4 Å². The van der Waals surface area contributed by atoms with Crippen molar-refractivity contribution in [1.29, 1.82) is 0 Å². The second-order valence-electron chi connectivity index (χ2n) is 6.08. The monoisotopic (exact) mass is 386 g/mol. The molecule has 0 saturated carbocycles. The highest BCUT2D eigenvalue weighted by molar-refractivity contribution is 8.01. The maximum absolute atomic E-state index is 12.4. The highest BCUT2D eigenvalue weighted by Crippen LogP contribution is 2.39. The van der Waals surface area contributed by atoms with Gasteiger partial charge in [0.15, 0.2) is 5.92 Å². The van der Waals surface area contributed by atoms with Crippen LogP contribution in [0.5, 0.6) is 0 Å². The van der Waals surface area contributed by atoms with Gasteiger partial charge in [-0.3, -0.25) is 19.7 Å². The van der Waals surface area contributed by atoms with E-state index in [0.717, 1.165) is 0 Å². The van der Waals surface area contributed by atoms with Gasteiger partial charge in [0.25, 0.3) is 0 Å². The van der Waals surface area contributed by atoms with Crippen LogP contribution in [0, 0.1) is 0 Å². The minimum absolute atomic E-state index is 0.329. The molecule has 0 spiro atoms. The molecule has 136 valence electrons. The van der Waals surface area contributed by atoms with E-state index < -0.39 is 46.0 Å². The zero-order valence-electron chi connectivity index (χ0n) is 13.5. The van der Waals surface area contributed by atoms with Crippen LogP contribution >= 0.6 is 23.1 Å². The Bertz CT molecular complexity index is 676. The van der Waals surface area contributed by atoms with Crippen molar-refractivity contribution in [2.45, 2.75) is 42.0 Å². The summed E-state index contributed by atoms with van der Waals surface area (Å²) in [5.41, 5.74) is 0.329. The number of aldehydes is 1. The summed E-state index contributed by atoms with van der Waals surface area (Å²) in [5.74, 6) is -4.63. The predicted octanol–water partition coefficient (Wildman–Crippen LogP) is 0.494. The molecular formula is C15H18N2O6S2. The maximum atomic E-state index is 12.4. The normalized spacial score (nSPS) is 24.2. The van der Waals surface area contributed by atoms with Crippen LogP contribution in [-0.2, 0) is 19.2 Å². The number of carbonyl (C=O) groups is 4. The quantitative estimate of drug-likeness (QED) is 0.393. The van der Waals surface area contributed by atoms with Gasteiger partial charge in [-0.25, -0.2) is 0 Å². The van der Waals surface area contributed by atoms with Crippen molar-refractivity contribution in [3.05, 3.63) is 22.4 Å². The van der Waals surface area contributed by atoms with Crippen LogP contribution in [0.25, 0.3) is 0 Å². The number of rotatable bonds is 7. The third-order valence-electron chi connectivity index (χ3n) is 3.87. The first-order chi connectivity index (χ1) is 11.7. The Morgan fingerprint density at radius 2 is 2.04 bits per heavy atom. The lowest BCUT2D eigenvalue weighted by atomic mass is 10.0. The molecule has 8 nitrogen and oxygen atoms in total. The maximum Gasteiger partial charge on any atom is 0.322 e. The molecule has 25 heavy (non-hydrogen) atoms. The molecule has 1 aromatic heterocycles. The van der Waals surface area contributed by atoms with Crippen LogP contribution in [0.4, 0.5) is 0 Å². The number of carboxylic acid groups (broad SMARTS) is 2. The van der Waals surface area contributed by atoms with Crippen molar-refractivity contribution >= 4 is 47.2 Å². The first-order valence-electron chi connectivity index (χ1n) is 7.34. The van der Waals surface area contributed by atoms with E-state index in [2.05, 4.69) is 10.6 Å². The van der Waals surface area contributed by atoms with E-state index in [0.29, 0.717) is 11.8 Å². The van der Waals surface area contributed by atoms with Gasteiger partial charge in [-0.2, -0.15) is 11.3 Å². The Morgan fingerprint density at radius 3 is 2.48 bits per heavy atom. The average molecular weight is 386 g/mol. The Balaban J connectivity index is 2.14. The fraction of sp³-hybridized carbons (Fsp3) is 0.467. The molecule has 0 unspecified atom stereocenters. The number of thiophene rings is 1. The molecule has 1 fully saturated rings. The van der Waals surface area contributed by atoms with Gasteiger partial charge in [0, 0.05) is 4.75 Å². The lowest BCUT2D eigenvalue weighted by molar-refractivity contribution is -0.143. The molecule has 0 aromatic carbocycles. The van der Waals surface area contributed by atoms with E-state index in [1.807, 2.05) is 0 Å². The molecule has 1 aromatic rings. The van der Waals surface area contributed by atoms with Gasteiger partial charge in [-0.05, 0) is 36.2 Å². The van der Waals surface area contributed by atoms with Crippen molar-refractivity contribution in [3.8, 4) is 0 Å². The minimum Gasteiger partial charge on any atom is -0.480 e. The molecule has 0 radical (unpaired) electrons. The van der Waals surface area contributed by atoms with E-state index in [9.17, 15) is 29.4 Å². The zero-order valence-corrected chi connectivity index (χ0v) is 15.1. The zero-order chi connectivity index (χ0) is 18.8. The Hall–Kier alpha value is -1.91. The number of thioether (sulfide) groups is 1. The van der Waals surface area contributed by atoms with E-state index in [1.54, 1.807) is 24.6 Å². The summed E-state index contributed by atoms with van der Waals surface area (Å²) in [7, 11) is 0. The third kappa shape index (κ3) is 4.20.